The van der Waals surface area contributed by atoms with Crippen molar-refractivity contribution >= 4 is 79.0 Å². The monoisotopic (exact) mass is 700 g/mol. The lowest BCUT2D eigenvalue weighted by atomic mass is 10.1. The first-order valence-electron chi connectivity index (χ1n) is 11.4. The van der Waals surface area contributed by atoms with Crippen LogP contribution < -0.4 is 14.8 Å². The highest BCUT2D eigenvalue weighted by Gasteiger charge is 2.35. The summed E-state index contributed by atoms with van der Waals surface area (Å²) < 4.78 is 22.9. The molecule has 1 aliphatic rings. The molecule has 204 valence electrons. The zero-order valence-corrected chi connectivity index (χ0v) is 25.2. The number of methoxy groups -OCH3 is 1. The number of carbonyl (C=O) groups is 3. The summed E-state index contributed by atoms with van der Waals surface area (Å²) in [6.07, 6.45) is 1.51. The van der Waals surface area contributed by atoms with Crippen LogP contribution in [0.2, 0.25) is 10.0 Å². The minimum absolute atomic E-state index is 0.0341. The van der Waals surface area contributed by atoms with E-state index in [2.05, 4.69) is 41.9 Å². The molecule has 3 aromatic rings. The van der Waals surface area contributed by atoms with E-state index in [0.29, 0.717) is 42.7 Å². The fraction of sp³-hybridized carbons (Fsp3) is 0.192. The van der Waals surface area contributed by atoms with Gasteiger partial charge in [-0.15, -0.1) is 0 Å². The van der Waals surface area contributed by atoms with Gasteiger partial charge in [0.2, 0.25) is 5.76 Å². The number of nitrogens with zero attached hydrogens (tertiary/aromatic N) is 1. The van der Waals surface area contributed by atoms with Crippen LogP contribution in [0.5, 0.6) is 11.5 Å². The largest absolute Gasteiger partial charge is 0.490 e. The maximum Gasteiger partial charge on any atom is 0.373 e. The van der Waals surface area contributed by atoms with Gasteiger partial charge in [0.05, 0.1) is 24.7 Å². The van der Waals surface area contributed by atoms with Crippen LogP contribution in [-0.2, 0) is 22.7 Å². The minimum Gasteiger partial charge on any atom is -0.490 e. The topological polar surface area (TPSA) is 107 Å². The van der Waals surface area contributed by atoms with Gasteiger partial charge in [0.25, 0.3) is 5.91 Å². The van der Waals surface area contributed by atoms with Crippen molar-refractivity contribution in [1.82, 2.24) is 10.2 Å². The molecule has 0 saturated carbocycles. The van der Waals surface area contributed by atoms with E-state index >= 15 is 0 Å². The molecule has 1 N–H and O–H groups in total. The molecule has 1 aliphatic heterocycles. The molecule has 0 radical (unpaired) electrons. The molecule has 0 atom stereocenters. The summed E-state index contributed by atoms with van der Waals surface area (Å²) in [5, 5.41) is 3.55. The number of nitrogens with one attached hydrogen (secondary N) is 1. The minimum atomic E-state index is -0.664. The van der Waals surface area contributed by atoms with Crippen molar-refractivity contribution in [3.63, 3.8) is 0 Å². The molecule has 39 heavy (non-hydrogen) atoms. The molecule has 0 aliphatic carbocycles. The standard InChI is InChI=1S/C26H20Br2Cl2N2O7/c1-3-37-20-9-14(21(27)22(28)23(20)38-12-13-4-5-15(29)10-17(13)30)8-18-24(33)32(26(35)31-18)11-16-6-7-19(39-16)25(34)36-2/h4-10H,3,11-12H2,1-2H3,(H,31,35)/b18-8-. The molecule has 0 spiro atoms. The second kappa shape index (κ2) is 12.5. The van der Waals surface area contributed by atoms with Crippen LogP contribution in [0, 0.1) is 0 Å². The Kier molecular flexibility index (Phi) is 9.27. The van der Waals surface area contributed by atoms with Gasteiger partial charge in [-0.3, -0.25) is 9.69 Å². The third-order valence-corrected chi connectivity index (χ3v) is 8.20. The summed E-state index contributed by atoms with van der Waals surface area (Å²) in [6, 6.07) is 9.06. The van der Waals surface area contributed by atoms with E-state index in [1.54, 1.807) is 24.3 Å². The summed E-state index contributed by atoms with van der Waals surface area (Å²) in [6.45, 7) is 2.15. The van der Waals surface area contributed by atoms with Crippen LogP contribution in [0.4, 0.5) is 4.79 Å². The molecule has 2 aromatic carbocycles. The first kappa shape index (κ1) is 29.0. The second-order valence-electron chi connectivity index (χ2n) is 8.02. The van der Waals surface area contributed by atoms with Crippen LogP contribution in [0.3, 0.4) is 0 Å². The van der Waals surface area contributed by atoms with Crippen LogP contribution in [0.15, 0.2) is 55.5 Å². The van der Waals surface area contributed by atoms with E-state index in [1.807, 2.05) is 6.92 Å². The fourth-order valence-electron chi connectivity index (χ4n) is 3.60. The summed E-state index contributed by atoms with van der Waals surface area (Å²) in [5.41, 5.74) is 1.31. The van der Waals surface area contributed by atoms with Crippen molar-refractivity contribution in [3.05, 3.63) is 83.7 Å². The summed E-state index contributed by atoms with van der Waals surface area (Å²) in [4.78, 5) is 38.2. The van der Waals surface area contributed by atoms with Crippen molar-refractivity contribution in [2.45, 2.75) is 20.1 Å². The average molecular weight is 703 g/mol. The Bertz CT molecular complexity index is 1490. The molecule has 4 rings (SSSR count). The van der Waals surface area contributed by atoms with Gasteiger partial charge < -0.3 is 23.9 Å². The van der Waals surface area contributed by atoms with Crippen molar-refractivity contribution < 1.29 is 33.0 Å². The van der Waals surface area contributed by atoms with Crippen molar-refractivity contribution in [2.75, 3.05) is 13.7 Å². The zero-order valence-electron chi connectivity index (χ0n) is 20.5. The summed E-state index contributed by atoms with van der Waals surface area (Å²) >= 11 is 19.3. The van der Waals surface area contributed by atoms with Gasteiger partial charge in [-0.2, -0.15) is 0 Å². The molecule has 9 nitrogen and oxygen atoms in total. The highest BCUT2D eigenvalue weighted by atomic mass is 79.9. The molecule has 2 heterocycles. The lowest BCUT2D eigenvalue weighted by Crippen LogP contribution is -2.30. The van der Waals surface area contributed by atoms with E-state index in [9.17, 15) is 14.4 Å². The Morgan fingerprint density at radius 3 is 2.56 bits per heavy atom. The number of urea groups is 1. The SMILES string of the molecule is CCOc1cc(/C=C2\NC(=O)N(Cc3ccc(C(=O)OC)o3)C2=O)c(Br)c(Br)c1OCc1ccc(Cl)cc1Cl. The Morgan fingerprint density at radius 1 is 1.10 bits per heavy atom. The number of hydrogen-bond acceptors (Lipinski definition) is 7. The van der Waals surface area contributed by atoms with Gasteiger partial charge in [-0.25, -0.2) is 9.59 Å². The number of ether oxygens (including phenoxy) is 3. The Balaban J connectivity index is 1.58. The first-order chi connectivity index (χ1) is 18.6. The zero-order chi connectivity index (χ0) is 28.3. The number of rotatable bonds is 9. The van der Waals surface area contributed by atoms with Gasteiger partial charge >= 0.3 is 12.0 Å². The predicted octanol–water partition coefficient (Wildman–Crippen LogP) is 6.97. The van der Waals surface area contributed by atoms with E-state index < -0.39 is 17.9 Å². The maximum absolute atomic E-state index is 13.0. The smallest absolute Gasteiger partial charge is 0.373 e. The number of carbonyl (C=O) groups excluding carboxylic acids is 3. The molecule has 1 saturated heterocycles. The lowest BCUT2D eigenvalue weighted by Gasteiger charge is -2.17. The maximum atomic E-state index is 13.0. The second-order valence-corrected chi connectivity index (χ2v) is 10.4. The predicted molar refractivity (Wildman–Crippen MR) is 151 cm³/mol. The molecule has 3 amide bonds. The van der Waals surface area contributed by atoms with Crippen molar-refractivity contribution in [1.29, 1.82) is 0 Å². The number of benzene rings is 2. The molecule has 0 unspecified atom stereocenters. The van der Waals surface area contributed by atoms with E-state index in [-0.39, 0.29) is 30.4 Å². The van der Waals surface area contributed by atoms with Gasteiger partial charge in [0.15, 0.2) is 11.5 Å². The molecule has 1 fully saturated rings. The molecule has 1 aromatic heterocycles. The number of halogens is 4. The molecule has 0 bridgehead atoms. The third-order valence-electron chi connectivity index (χ3n) is 5.47. The summed E-state index contributed by atoms with van der Waals surface area (Å²) in [7, 11) is 1.22. The summed E-state index contributed by atoms with van der Waals surface area (Å²) in [5.74, 6) is -0.209. The first-order valence-corrected chi connectivity index (χ1v) is 13.7. The van der Waals surface area contributed by atoms with Crippen LogP contribution in [-0.4, -0.2) is 36.5 Å². The molecule has 13 heteroatoms. The number of furan rings is 1. The van der Waals surface area contributed by atoms with E-state index in [1.165, 1.54) is 25.3 Å². The van der Waals surface area contributed by atoms with Crippen molar-refractivity contribution in [2.24, 2.45) is 0 Å². The normalized spacial score (nSPS) is 14.1. The van der Waals surface area contributed by atoms with Gasteiger partial charge in [0.1, 0.15) is 18.1 Å². The fourth-order valence-corrected chi connectivity index (χ4v) is 5.01. The van der Waals surface area contributed by atoms with Crippen LogP contribution in [0.25, 0.3) is 6.08 Å². The Labute approximate surface area is 250 Å². The van der Waals surface area contributed by atoms with Gasteiger partial charge in [0, 0.05) is 20.1 Å². The van der Waals surface area contributed by atoms with Crippen molar-refractivity contribution in [3.8, 4) is 11.5 Å². The highest BCUT2D eigenvalue weighted by molar-refractivity contribution is 9.13. The van der Waals surface area contributed by atoms with Crippen LogP contribution in [0.1, 0.15) is 34.4 Å². The highest BCUT2D eigenvalue weighted by Crippen LogP contribution is 2.44. The Hall–Kier alpha value is -2.99. The number of esters is 1. The van der Waals surface area contributed by atoms with Gasteiger partial charge in [-0.1, -0.05) is 29.3 Å². The quantitative estimate of drug-likeness (QED) is 0.146. The van der Waals surface area contributed by atoms with Crippen LogP contribution >= 0.6 is 55.1 Å². The Morgan fingerprint density at radius 2 is 1.87 bits per heavy atom. The van der Waals surface area contributed by atoms with E-state index in [0.717, 1.165) is 10.5 Å². The molecular formula is C26H20Br2Cl2N2O7. The number of amides is 3. The van der Waals surface area contributed by atoms with Gasteiger partial charge in [-0.05, 0) is 80.8 Å². The molecular weight excluding hydrogens is 683 g/mol. The van der Waals surface area contributed by atoms with E-state index in [4.69, 9.17) is 37.1 Å². The third kappa shape index (κ3) is 6.43. The average Bonchev–Trinajstić information content (AvgIpc) is 3.48. The number of hydrogen-bond donors (Lipinski definition) is 1. The number of imide groups is 1. The lowest BCUT2D eigenvalue weighted by molar-refractivity contribution is -0.123.